The summed E-state index contributed by atoms with van der Waals surface area (Å²) in [5.74, 6) is -0.0385. The Bertz CT molecular complexity index is 379. The number of hydrogen-bond donors (Lipinski definition) is 2. The van der Waals surface area contributed by atoms with Gasteiger partial charge >= 0.3 is 0 Å². The predicted octanol–water partition coefficient (Wildman–Crippen LogP) is 0.243. The van der Waals surface area contributed by atoms with Crippen LogP contribution in [0.25, 0.3) is 0 Å². The molecular formula is C11H14N2O2. The monoisotopic (exact) mass is 206 g/mol. The van der Waals surface area contributed by atoms with E-state index < -0.39 is 6.10 Å². The van der Waals surface area contributed by atoms with E-state index in [1.54, 1.807) is 4.90 Å². The first kappa shape index (κ1) is 10.1. The molecule has 4 heteroatoms. The second-order valence-electron chi connectivity index (χ2n) is 3.70. The number of β-amino-alcohol motifs (C(OH)–C–C–N with tert-alkyl or cyclic N) is 1. The van der Waals surface area contributed by atoms with Crippen LogP contribution in [-0.4, -0.2) is 23.7 Å². The van der Waals surface area contributed by atoms with E-state index in [0.29, 0.717) is 13.1 Å². The van der Waals surface area contributed by atoms with Crippen LogP contribution in [0.3, 0.4) is 0 Å². The lowest BCUT2D eigenvalue weighted by atomic mass is 10.1. The van der Waals surface area contributed by atoms with Gasteiger partial charge in [0.1, 0.15) is 0 Å². The number of carbonyl (C=O) groups excluding carboxylic acids is 1. The highest BCUT2D eigenvalue weighted by atomic mass is 16.3. The Morgan fingerprint density at radius 1 is 1.47 bits per heavy atom. The highest BCUT2D eigenvalue weighted by Gasteiger charge is 2.29. The fourth-order valence-electron chi connectivity index (χ4n) is 1.87. The summed E-state index contributed by atoms with van der Waals surface area (Å²) in [6.07, 6.45) is -0.345. The van der Waals surface area contributed by atoms with Gasteiger partial charge in [-0.05, 0) is 11.6 Å². The van der Waals surface area contributed by atoms with E-state index in [0.717, 1.165) is 11.3 Å². The quantitative estimate of drug-likeness (QED) is 0.728. The molecule has 1 atom stereocenters. The zero-order valence-electron chi connectivity index (χ0n) is 8.39. The molecule has 0 spiro atoms. The van der Waals surface area contributed by atoms with E-state index in [2.05, 4.69) is 0 Å². The largest absolute Gasteiger partial charge is 0.391 e. The number of hydrogen-bond acceptors (Lipinski definition) is 3. The molecule has 1 aromatic rings. The molecule has 1 aliphatic heterocycles. The van der Waals surface area contributed by atoms with Crippen LogP contribution in [-0.2, 0) is 11.3 Å². The van der Waals surface area contributed by atoms with E-state index in [9.17, 15) is 9.90 Å². The molecule has 4 nitrogen and oxygen atoms in total. The van der Waals surface area contributed by atoms with Gasteiger partial charge in [-0.3, -0.25) is 4.79 Å². The first-order valence-corrected chi connectivity index (χ1v) is 4.98. The normalized spacial score (nSPS) is 21.1. The maximum atomic E-state index is 11.6. The van der Waals surface area contributed by atoms with Crippen molar-refractivity contribution in [3.63, 3.8) is 0 Å². The number of para-hydroxylation sites is 1. The molecule has 0 aliphatic carbocycles. The van der Waals surface area contributed by atoms with Crippen LogP contribution in [0.4, 0.5) is 5.69 Å². The summed E-state index contributed by atoms with van der Waals surface area (Å²) >= 11 is 0. The third-order valence-electron chi connectivity index (χ3n) is 2.61. The molecule has 0 aromatic heterocycles. The van der Waals surface area contributed by atoms with Crippen LogP contribution < -0.4 is 10.6 Å². The van der Waals surface area contributed by atoms with Crippen molar-refractivity contribution in [3.8, 4) is 0 Å². The van der Waals surface area contributed by atoms with Crippen LogP contribution in [0.15, 0.2) is 24.3 Å². The van der Waals surface area contributed by atoms with Gasteiger partial charge in [0.15, 0.2) is 0 Å². The highest BCUT2D eigenvalue weighted by molar-refractivity contribution is 5.96. The Labute approximate surface area is 88.3 Å². The molecule has 1 amide bonds. The molecule has 0 radical (unpaired) electrons. The van der Waals surface area contributed by atoms with Crippen molar-refractivity contribution in [1.29, 1.82) is 0 Å². The summed E-state index contributed by atoms with van der Waals surface area (Å²) in [5, 5.41) is 9.40. The molecule has 0 saturated carbocycles. The number of aliphatic hydroxyl groups excluding tert-OH is 1. The fourth-order valence-corrected chi connectivity index (χ4v) is 1.87. The maximum Gasteiger partial charge on any atom is 0.229 e. The van der Waals surface area contributed by atoms with Crippen molar-refractivity contribution < 1.29 is 9.90 Å². The number of anilines is 1. The first-order valence-electron chi connectivity index (χ1n) is 4.98. The molecular weight excluding hydrogens is 192 g/mol. The lowest BCUT2D eigenvalue weighted by Gasteiger charge is -2.18. The van der Waals surface area contributed by atoms with Crippen molar-refractivity contribution in [3.05, 3.63) is 29.8 Å². The predicted molar refractivity (Wildman–Crippen MR) is 57.3 cm³/mol. The van der Waals surface area contributed by atoms with Crippen molar-refractivity contribution >= 4 is 11.6 Å². The maximum absolute atomic E-state index is 11.6. The molecule has 1 aromatic carbocycles. The number of amides is 1. The Balaban J connectivity index is 2.33. The SMILES string of the molecule is NCc1ccccc1N1CC(O)CC1=O. The summed E-state index contributed by atoms with van der Waals surface area (Å²) in [6, 6.07) is 7.51. The van der Waals surface area contributed by atoms with Crippen molar-refractivity contribution in [2.24, 2.45) is 5.73 Å². The van der Waals surface area contributed by atoms with Crippen LogP contribution >= 0.6 is 0 Å². The molecule has 3 N–H and O–H groups in total. The number of benzene rings is 1. The van der Waals surface area contributed by atoms with Gasteiger partial charge < -0.3 is 15.7 Å². The Morgan fingerprint density at radius 3 is 2.80 bits per heavy atom. The number of carbonyl (C=O) groups is 1. The minimum atomic E-state index is -0.552. The van der Waals surface area contributed by atoms with Gasteiger partial charge in [0, 0.05) is 12.2 Å². The number of nitrogens with two attached hydrogens (primary N) is 1. The molecule has 1 heterocycles. The van der Waals surface area contributed by atoms with Gasteiger partial charge in [-0.2, -0.15) is 0 Å². The van der Waals surface area contributed by atoms with Crippen molar-refractivity contribution in [1.82, 2.24) is 0 Å². The fraction of sp³-hybridized carbons (Fsp3) is 0.364. The Morgan fingerprint density at radius 2 is 2.20 bits per heavy atom. The van der Waals surface area contributed by atoms with Gasteiger partial charge in [0.05, 0.1) is 19.1 Å². The van der Waals surface area contributed by atoms with E-state index in [1.807, 2.05) is 24.3 Å². The zero-order valence-corrected chi connectivity index (χ0v) is 8.39. The van der Waals surface area contributed by atoms with Crippen LogP contribution in [0.5, 0.6) is 0 Å². The molecule has 2 rings (SSSR count). The van der Waals surface area contributed by atoms with E-state index in [-0.39, 0.29) is 12.3 Å². The lowest BCUT2D eigenvalue weighted by Crippen LogP contribution is -2.26. The summed E-state index contributed by atoms with van der Waals surface area (Å²) in [5.41, 5.74) is 7.35. The molecule has 15 heavy (non-hydrogen) atoms. The Kier molecular flexibility index (Phi) is 2.70. The molecule has 1 fully saturated rings. The minimum Gasteiger partial charge on any atom is -0.391 e. The van der Waals surface area contributed by atoms with E-state index in [4.69, 9.17) is 5.73 Å². The number of nitrogens with zero attached hydrogens (tertiary/aromatic N) is 1. The zero-order chi connectivity index (χ0) is 10.8. The number of aliphatic hydroxyl groups is 1. The van der Waals surface area contributed by atoms with Crippen molar-refractivity contribution in [2.45, 2.75) is 19.1 Å². The van der Waals surface area contributed by atoms with Gasteiger partial charge in [0.25, 0.3) is 0 Å². The summed E-state index contributed by atoms with van der Waals surface area (Å²) in [6.45, 7) is 0.770. The van der Waals surface area contributed by atoms with Crippen molar-refractivity contribution in [2.75, 3.05) is 11.4 Å². The average Bonchev–Trinajstić information content (AvgIpc) is 2.57. The van der Waals surface area contributed by atoms with Gasteiger partial charge in [-0.1, -0.05) is 18.2 Å². The topological polar surface area (TPSA) is 66.6 Å². The summed E-state index contributed by atoms with van der Waals surface area (Å²) in [7, 11) is 0. The third-order valence-corrected chi connectivity index (χ3v) is 2.61. The highest BCUT2D eigenvalue weighted by Crippen LogP contribution is 2.25. The van der Waals surface area contributed by atoms with Crippen LogP contribution in [0.2, 0.25) is 0 Å². The third kappa shape index (κ3) is 1.86. The average molecular weight is 206 g/mol. The van der Waals surface area contributed by atoms with Gasteiger partial charge in [-0.15, -0.1) is 0 Å². The van der Waals surface area contributed by atoms with Gasteiger partial charge in [0.2, 0.25) is 5.91 Å². The molecule has 0 bridgehead atoms. The minimum absolute atomic E-state index is 0.0385. The van der Waals surface area contributed by atoms with E-state index in [1.165, 1.54) is 0 Å². The Hall–Kier alpha value is -1.39. The summed E-state index contributed by atoms with van der Waals surface area (Å²) in [4.78, 5) is 13.2. The van der Waals surface area contributed by atoms with Crippen LogP contribution in [0, 0.1) is 0 Å². The van der Waals surface area contributed by atoms with Gasteiger partial charge in [-0.25, -0.2) is 0 Å². The second-order valence-corrected chi connectivity index (χ2v) is 3.70. The molecule has 1 aliphatic rings. The molecule has 80 valence electrons. The smallest absolute Gasteiger partial charge is 0.229 e. The second kappa shape index (κ2) is 4.00. The molecule has 1 saturated heterocycles. The lowest BCUT2D eigenvalue weighted by molar-refractivity contribution is -0.117. The molecule has 1 unspecified atom stereocenters. The first-order chi connectivity index (χ1) is 7.22. The van der Waals surface area contributed by atoms with E-state index >= 15 is 0 Å². The standard InChI is InChI=1S/C11H14N2O2/c12-6-8-3-1-2-4-10(8)13-7-9(14)5-11(13)15/h1-4,9,14H,5-7,12H2. The summed E-state index contributed by atoms with van der Waals surface area (Å²) < 4.78 is 0. The number of rotatable bonds is 2. The van der Waals surface area contributed by atoms with Crippen LogP contribution in [0.1, 0.15) is 12.0 Å².